The van der Waals surface area contributed by atoms with Gasteiger partial charge in [-0.25, -0.2) is 14.6 Å². The number of nitrogens with two attached hydrogens (primary N) is 1. The number of aromatic nitrogens is 3. The monoisotopic (exact) mass is 452 g/mol. The first-order valence-corrected chi connectivity index (χ1v) is 9.73. The van der Waals surface area contributed by atoms with Gasteiger partial charge in [-0.2, -0.15) is 10.5 Å². The van der Waals surface area contributed by atoms with Crippen molar-refractivity contribution in [2.45, 2.75) is 5.03 Å². The molecule has 0 bridgehead atoms. The molecule has 0 saturated carbocycles. The number of nitrogens with zero attached hydrogens (tertiary/aromatic N) is 4. The Morgan fingerprint density at radius 3 is 2.47 bits per heavy atom. The number of carboxylic acid groups (broad SMARTS) is 1. The molecule has 0 aliphatic heterocycles. The zero-order valence-corrected chi connectivity index (χ0v) is 17.2. The molecule has 5 N–H and O–H groups in total. The fourth-order valence-electron chi connectivity index (χ4n) is 2.78. The molecule has 3 rings (SSSR count). The molecule has 13 heteroatoms. The van der Waals surface area contributed by atoms with Gasteiger partial charge in [0.2, 0.25) is 5.91 Å². The van der Waals surface area contributed by atoms with Crippen LogP contribution < -0.4 is 21.4 Å². The Hall–Kier alpha value is -4.62. The maximum absolute atomic E-state index is 12.3. The lowest BCUT2D eigenvalue weighted by atomic mass is 10.0. The van der Waals surface area contributed by atoms with E-state index < -0.39 is 17.5 Å². The van der Waals surface area contributed by atoms with E-state index in [4.69, 9.17) is 15.4 Å². The number of aryl methyl sites for hydroxylation is 1. The first kappa shape index (κ1) is 22.1. The topological polar surface area (TPSA) is 203 Å². The van der Waals surface area contributed by atoms with Gasteiger partial charge in [-0.05, 0) is 29.5 Å². The minimum atomic E-state index is -1.09. The zero-order valence-electron chi connectivity index (χ0n) is 16.4. The fourth-order valence-corrected chi connectivity index (χ4v) is 3.57. The predicted molar refractivity (Wildman–Crippen MR) is 110 cm³/mol. The van der Waals surface area contributed by atoms with Gasteiger partial charge in [0.1, 0.15) is 34.1 Å². The number of benzene rings is 1. The van der Waals surface area contributed by atoms with Gasteiger partial charge in [-0.3, -0.25) is 9.32 Å². The lowest BCUT2D eigenvalue weighted by molar-refractivity contribution is -0.730. The molecule has 0 radical (unpaired) electrons. The van der Waals surface area contributed by atoms with E-state index in [2.05, 4.69) is 15.6 Å². The first-order valence-electron chi connectivity index (χ1n) is 8.74. The number of H-pyrrole nitrogens is 1. The molecule has 0 atom stereocenters. The number of nitrogens with one attached hydrogen (secondary N) is 2. The van der Waals surface area contributed by atoms with Crippen LogP contribution in [0.25, 0.3) is 11.3 Å². The summed E-state index contributed by atoms with van der Waals surface area (Å²) in [4.78, 5) is 39.4. The second-order valence-electron chi connectivity index (χ2n) is 6.26. The van der Waals surface area contributed by atoms with Crippen molar-refractivity contribution in [2.75, 3.05) is 16.8 Å². The van der Waals surface area contributed by atoms with Gasteiger partial charge in [0.05, 0.1) is 16.9 Å². The largest absolute Gasteiger partial charge is 0.478 e. The standard InChI is InChI=1S/C19H13N7O5S/c1-26-15(19(30)31-25-26)14-11(6-20)16(22)24-17(12(14)7-21)32-8-13(27)23-10-4-2-9(3-5-10)18(28)29/h2-5H,8H2,1H3,(H4-,22,23,24,25,27,28,29,30)/p+1. The molecule has 0 saturated heterocycles. The van der Waals surface area contributed by atoms with E-state index in [1.807, 2.05) is 12.1 Å². The molecule has 1 aromatic carbocycles. The van der Waals surface area contributed by atoms with Crippen LogP contribution in [0.4, 0.5) is 11.5 Å². The Balaban J connectivity index is 1.90. The Morgan fingerprint density at radius 2 is 1.94 bits per heavy atom. The van der Waals surface area contributed by atoms with Crippen LogP contribution >= 0.6 is 11.8 Å². The van der Waals surface area contributed by atoms with Crippen molar-refractivity contribution in [3.8, 4) is 23.4 Å². The molecule has 160 valence electrons. The Bertz CT molecular complexity index is 1360. The lowest BCUT2D eigenvalue weighted by Gasteiger charge is -2.10. The highest BCUT2D eigenvalue weighted by molar-refractivity contribution is 8.00. The van der Waals surface area contributed by atoms with Crippen molar-refractivity contribution in [1.29, 1.82) is 10.5 Å². The Labute approximate surface area is 183 Å². The molecule has 2 aromatic heterocycles. The van der Waals surface area contributed by atoms with Crippen LogP contribution in [0.2, 0.25) is 0 Å². The number of aromatic amines is 1. The van der Waals surface area contributed by atoms with Crippen LogP contribution in [0.15, 0.2) is 38.6 Å². The van der Waals surface area contributed by atoms with Gasteiger partial charge >= 0.3 is 17.3 Å². The van der Waals surface area contributed by atoms with Gasteiger partial charge in [-0.1, -0.05) is 16.4 Å². The summed E-state index contributed by atoms with van der Waals surface area (Å²) in [5, 5.41) is 33.1. The summed E-state index contributed by atoms with van der Waals surface area (Å²) >= 11 is 0.882. The third-order valence-electron chi connectivity index (χ3n) is 4.21. The lowest BCUT2D eigenvalue weighted by Crippen LogP contribution is -2.34. The number of thioether (sulfide) groups is 1. The summed E-state index contributed by atoms with van der Waals surface area (Å²) in [6, 6.07) is 9.32. The van der Waals surface area contributed by atoms with Crippen molar-refractivity contribution < 1.29 is 23.9 Å². The fraction of sp³-hybridized carbons (Fsp3) is 0.105. The van der Waals surface area contributed by atoms with Crippen molar-refractivity contribution >= 4 is 35.1 Å². The number of hydrogen-bond donors (Lipinski definition) is 4. The molecule has 0 unspecified atom stereocenters. The number of pyridine rings is 1. The van der Waals surface area contributed by atoms with Crippen LogP contribution in [0, 0.1) is 22.7 Å². The number of carboxylic acids is 1. The molecule has 0 fully saturated rings. The van der Waals surface area contributed by atoms with Crippen molar-refractivity contribution in [3.05, 3.63) is 51.4 Å². The summed E-state index contributed by atoms with van der Waals surface area (Å²) in [7, 11) is 1.45. The van der Waals surface area contributed by atoms with E-state index in [-0.39, 0.29) is 44.5 Å². The Kier molecular flexibility index (Phi) is 6.23. The predicted octanol–water partition coefficient (Wildman–Crippen LogP) is 0.609. The van der Waals surface area contributed by atoms with Gasteiger partial charge in [0.25, 0.3) is 0 Å². The van der Waals surface area contributed by atoms with Crippen molar-refractivity contribution in [3.63, 3.8) is 0 Å². The number of hydrogen-bond acceptors (Lipinski definition) is 9. The minimum Gasteiger partial charge on any atom is -0.478 e. The number of nitrogen functional groups attached to an aromatic ring is 1. The number of anilines is 2. The molecular weight excluding hydrogens is 438 g/mol. The molecule has 32 heavy (non-hydrogen) atoms. The molecular formula is C19H14N7O5S+. The number of aromatic carboxylic acids is 1. The van der Waals surface area contributed by atoms with Crippen LogP contribution in [0.5, 0.6) is 0 Å². The van der Waals surface area contributed by atoms with Crippen LogP contribution in [0.1, 0.15) is 21.5 Å². The second kappa shape index (κ2) is 9.03. The molecule has 1 amide bonds. The first-order chi connectivity index (χ1) is 15.3. The van der Waals surface area contributed by atoms with Gasteiger partial charge in [-0.15, -0.1) is 0 Å². The summed E-state index contributed by atoms with van der Waals surface area (Å²) in [6.45, 7) is 0. The molecule has 3 aromatic rings. The summed E-state index contributed by atoms with van der Waals surface area (Å²) in [5.41, 5.74) is 5.08. The van der Waals surface area contributed by atoms with Gasteiger partial charge < -0.3 is 16.2 Å². The smallest absolute Gasteiger partial charge is 0.435 e. The van der Waals surface area contributed by atoms with E-state index in [0.717, 1.165) is 11.8 Å². The molecule has 0 spiro atoms. The highest BCUT2D eigenvalue weighted by atomic mass is 32.2. The normalized spacial score (nSPS) is 10.2. The molecule has 0 aliphatic rings. The van der Waals surface area contributed by atoms with Crippen LogP contribution in [0.3, 0.4) is 0 Å². The maximum atomic E-state index is 12.3. The summed E-state index contributed by atoms with van der Waals surface area (Å²) < 4.78 is 5.91. The SMILES string of the molecule is C[n+]1[nH]oc(=O)c1-c1c(C#N)c(N)nc(SCC(=O)Nc2ccc(C(=O)O)cc2)c1C#N. The number of carbonyl (C=O) groups is 2. The van der Waals surface area contributed by atoms with E-state index in [0.29, 0.717) is 5.69 Å². The van der Waals surface area contributed by atoms with Gasteiger partial charge in [0, 0.05) is 5.69 Å². The quantitative estimate of drug-likeness (QED) is 0.303. The van der Waals surface area contributed by atoms with E-state index in [1.165, 1.54) is 36.0 Å². The highest BCUT2D eigenvalue weighted by Crippen LogP contribution is 2.33. The average molecular weight is 452 g/mol. The van der Waals surface area contributed by atoms with E-state index in [1.54, 1.807) is 0 Å². The van der Waals surface area contributed by atoms with Crippen LogP contribution in [-0.2, 0) is 11.8 Å². The van der Waals surface area contributed by atoms with Crippen LogP contribution in [-0.4, -0.2) is 33.0 Å². The number of rotatable bonds is 6. The summed E-state index contributed by atoms with van der Waals surface area (Å²) in [6.07, 6.45) is 0. The minimum absolute atomic E-state index is 0.0489. The third kappa shape index (κ3) is 4.28. The third-order valence-corrected chi connectivity index (χ3v) is 5.19. The Morgan fingerprint density at radius 1 is 1.28 bits per heavy atom. The molecule has 2 heterocycles. The number of nitriles is 2. The second-order valence-corrected chi connectivity index (χ2v) is 7.22. The zero-order chi connectivity index (χ0) is 23.4. The summed E-state index contributed by atoms with van der Waals surface area (Å²) in [5.74, 6) is -1.94. The maximum Gasteiger partial charge on any atom is 0.435 e. The average Bonchev–Trinajstić information content (AvgIpc) is 3.09. The molecule has 12 nitrogen and oxygen atoms in total. The number of amides is 1. The van der Waals surface area contributed by atoms with Crippen molar-refractivity contribution in [2.24, 2.45) is 7.05 Å². The molecule has 0 aliphatic carbocycles. The highest BCUT2D eigenvalue weighted by Gasteiger charge is 2.31. The van der Waals surface area contributed by atoms with Crippen molar-refractivity contribution in [1.82, 2.24) is 10.3 Å². The van der Waals surface area contributed by atoms with E-state index >= 15 is 0 Å². The number of carbonyl (C=O) groups excluding carboxylic acids is 1. The van der Waals surface area contributed by atoms with E-state index in [9.17, 15) is 24.9 Å². The van der Waals surface area contributed by atoms with Gasteiger partial charge in [0.15, 0.2) is 7.05 Å².